The summed E-state index contributed by atoms with van der Waals surface area (Å²) in [5.74, 6) is 0.445. The molecule has 0 saturated carbocycles. The molecule has 2 atom stereocenters. The van der Waals surface area contributed by atoms with Gasteiger partial charge in [0.25, 0.3) is 0 Å². The zero-order valence-corrected chi connectivity index (χ0v) is 11.0. The van der Waals surface area contributed by atoms with Crippen LogP contribution in [0.15, 0.2) is 36.4 Å². The molecule has 0 amide bonds. The summed E-state index contributed by atoms with van der Waals surface area (Å²) in [6.07, 6.45) is 2.01. The molecule has 0 bridgehead atoms. The molecular weight excluding hydrogens is 250 g/mol. The van der Waals surface area contributed by atoms with Gasteiger partial charge in [-0.1, -0.05) is 35.9 Å². The van der Waals surface area contributed by atoms with Crippen molar-refractivity contribution >= 4 is 22.9 Å². The lowest BCUT2D eigenvalue weighted by Crippen LogP contribution is -2.26. The Balaban J connectivity index is 1.88. The zero-order valence-electron chi connectivity index (χ0n) is 9.40. The first-order chi connectivity index (χ1) is 8.24. The molecule has 1 aliphatic rings. The molecule has 1 heterocycles. The molecular formula is C14H14ClNS. The van der Waals surface area contributed by atoms with Crippen molar-refractivity contribution in [2.45, 2.75) is 24.8 Å². The molecule has 3 rings (SSSR count). The number of thiophene rings is 1. The largest absolute Gasteiger partial charge is 0.327 e. The van der Waals surface area contributed by atoms with Crippen molar-refractivity contribution in [3.63, 3.8) is 0 Å². The molecule has 1 aliphatic carbocycles. The third kappa shape index (κ3) is 2.13. The van der Waals surface area contributed by atoms with Crippen molar-refractivity contribution in [1.29, 1.82) is 0 Å². The third-order valence-corrected chi connectivity index (χ3v) is 4.73. The van der Waals surface area contributed by atoms with E-state index in [1.165, 1.54) is 16.0 Å². The van der Waals surface area contributed by atoms with E-state index in [9.17, 15) is 0 Å². The molecule has 17 heavy (non-hydrogen) atoms. The van der Waals surface area contributed by atoms with Crippen LogP contribution in [0, 0.1) is 0 Å². The lowest BCUT2D eigenvalue weighted by atomic mass is 9.94. The summed E-state index contributed by atoms with van der Waals surface area (Å²) in [6.45, 7) is 0. The molecule has 88 valence electrons. The van der Waals surface area contributed by atoms with Crippen molar-refractivity contribution in [2.24, 2.45) is 5.73 Å². The first-order valence-corrected chi connectivity index (χ1v) is 7.01. The van der Waals surface area contributed by atoms with Crippen LogP contribution in [0.3, 0.4) is 0 Å². The van der Waals surface area contributed by atoms with E-state index in [1.54, 1.807) is 11.3 Å². The molecule has 1 nitrogen and oxygen atoms in total. The smallest absolute Gasteiger partial charge is 0.0931 e. The highest BCUT2D eigenvalue weighted by Gasteiger charge is 2.29. The van der Waals surface area contributed by atoms with Gasteiger partial charge in [-0.25, -0.2) is 0 Å². The Morgan fingerprint density at radius 1 is 1.24 bits per heavy atom. The Morgan fingerprint density at radius 3 is 2.82 bits per heavy atom. The van der Waals surface area contributed by atoms with Crippen molar-refractivity contribution < 1.29 is 0 Å². The first kappa shape index (κ1) is 11.3. The first-order valence-electron chi connectivity index (χ1n) is 5.81. The van der Waals surface area contributed by atoms with Crippen LogP contribution < -0.4 is 5.73 Å². The van der Waals surface area contributed by atoms with E-state index >= 15 is 0 Å². The maximum Gasteiger partial charge on any atom is 0.0931 e. The van der Waals surface area contributed by atoms with E-state index in [-0.39, 0.29) is 6.04 Å². The van der Waals surface area contributed by atoms with E-state index in [4.69, 9.17) is 17.3 Å². The molecule has 0 fully saturated rings. The predicted octanol–water partition coefficient (Wildman–Crippen LogP) is 3.61. The summed E-state index contributed by atoms with van der Waals surface area (Å²) in [4.78, 5) is 1.33. The van der Waals surface area contributed by atoms with Crippen molar-refractivity contribution in [3.05, 3.63) is 56.7 Å². The average Bonchev–Trinajstić information content (AvgIpc) is 2.85. The second-order valence-electron chi connectivity index (χ2n) is 4.58. The number of hydrogen-bond acceptors (Lipinski definition) is 2. The summed E-state index contributed by atoms with van der Waals surface area (Å²) >= 11 is 7.63. The summed E-state index contributed by atoms with van der Waals surface area (Å²) in [6, 6.07) is 12.9. The van der Waals surface area contributed by atoms with Gasteiger partial charge in [0, 0.05) is 16.8 Å². The number of rotatable bonds is 2. The summed E-state index contributed by atoms with van der Waals surface area (Å²) in [7, 11) is 0. The van der Waals surface area contributed by atoms with E-state index in [1.807, 2.05) is 6.07 Å². The molecule has 2 N–H and O–H groups in total. The summed E-state index contributed by atoms with van der Waals surface area (Å²) in [5, 5.41) is 0. The average molecular weight is 264 g/mol. The van der Waals surface area contributed by atoms with Crippen LogP contribution in [-0.2, 0) is 12.8 Å². The highest BCUT2D eigenvalue weighted by atomic mass is 35.5. The van der Waals surface area contributed by atoms with Gasteiger partial charge in [0.15, 0.2) is 0 Å². The van der Waals surface area contributed by atoms with Crippen LogP contribution in [0.2, 0.25) is 4.34 Å². The Kier molecular flexibility index (Phi) is 2.95. The highest BCUT2D eigenvalue weighted by molar-refractivity contribution is 7.16. The van der Waals surface area contributed by atoms with Gasteiger partial charge in [0.1, 0.15) is 0 Å². The van der Waals surface area contributed by atoms with Crippen LogP contribution in [0.1, 0.15) is 21.9 Å². The fourth-order valence-corrected chi connectivity index (χ4v) is 3.79. The molecule has 0 spiro atoms. The van der Waals surface area contributed by atoms with Crippen LogP contribution in [0.4, 0.5) is 0 Å². The zero-order chi connectivity index (χ0) is 11.8. The van der Waals surface area contributed by atoms with Gasteiger partial charge in [-0.15, -0.1) is 11.3 Å². The van der Waals surface area contributed by atoms with Crippen molar-refractivity contribution in [3.8, 4) is 0 Å². The number of nitrogens with two attached hydrogens (primary N) is 1. The maximum atomic E-state index is 6.26. The quantitative estimate of drug-likeness (QED) is 0.880. The second kappa shape index (κ2) is 4.45. The fourth-order valence-electron chi connectivity index (χ4n) is 2.65. The lowest BCUT2D eigenvalue weighted by molar-refractivity contribution is 0.574. The number of benzene rings is 1. The fraction of sp³-hybridized carbons (Fsp3) is 0.286. The Bertz CT molecular complexity index is 535. The molecule has 3 heteroatoms. The third-order valence-electron chi connectivity index (χ3n) is 3.48. The second-order valence-corrected chi connectivity index (χ2v) is 6.38. The van der Waals surface area contributed by atoms with Gasteiger partial charge >= 0.3 is 0 Å². The van der Waals surface area contributed by atoms with Gasteiger partial charge in [-0.05, 0) is 36.1 Å². The number of fused-ring (bicyclic) bond motifs is 1. The van der Waals surface area contributed by atoms with E-state index in [2.05, 4.69) is 30.3 Å². The Morgan fingerprint density at radius 2 is 2.06 bits per heavy atom. The molecule has 0 radical (unpaired) electrons. The Labute approximate surface area is 110 Å². The van der Waals surface area contributed by atoms with Crippen molar-refractivity contribution in [2.75, 3.05) is 0 Å². The molecule has 1 aromatic carbocycles. The van der Waals surface area contributed by atoms with Crippen LogP contribution in [0.25, 0.3) is 0 Å². The predicted molar refractivity (Wildman–Crippen MR) is 73.9 cm³/mol. The number of hydrogen-bond donors (Lipinski definition) is 1. The van der Waals surface area contributed by atoms with Crippen LogP contribution in [-0.4, -0.2) is 6.04 Å². The minimum absolute atomic E-state index is 0.244. The molecule has 0 saturated heterocycles. The topological polar surface area (TPSA) is 26.0 Å². The van der Waals surface area contributed by atoms with Gasteiger partial charge in [0.2, 0.25) is 0 Å². The van der Waals surface area contributed by atoms with Crippen LogP contribution in [0.5, 0.6) is 0 Å². The minimum atomic E-state index is 0.244. The summed E-state index contributed by atoms with van der Waals surface area (Å²) < 4.78 is 0.861. The van der Waals surface area contributed by atoms with Gasteiger partial charge < -0.3 is 5.73 Å². The van der Waals surface area contributed by atoms with E-state index in [0.717, 1.165) is 17.2 Å². The molecule has 2 unspecified atom stereocenters. The molecule has 1 aromatic heterocycles. The highest BCUT2D eigenvalue weighted by Crippen LogP contribution is 2.36. The summed E-state index contributed by atoms with van der Waals surface area (Å²) in [5.41, 5.74) is 9.09. The molecule has 0 aliphatic heterocycles. The minimum Gasteiger partial charge on any atom is -0.327 e. The van der Waals surface area contributed by atoms with Gasteiger partial charge in [0.05, 0.1) is 4.34 Å². The van der Waals surface area contributed by atoms with Gasteiger partial charge in [-0.3, -0.25) is 0 Å². The van der Waals surface area contributed by atoms with E-state index < -0.39 is 0 Å². The lowest BCUT2D eigenvalue weighted by Gasteiger charge is -2.15. The number of halogens is 1. The SMILES string of the molecule is NC1Cc2ccccc2C1Cc1ccc(Cl)s1. The van der Waals surface area contributed by atoms with E-state index in [0.29, 0.717) is 5.92 Å². The maximum absolute atomic E-state index is 6.26. The standard InChI is InChI=1S/C14H14ClNS/c15-14-6-5-10(17-14)8-12-11-4-2-1-3-9(11)7-13(12)16/h1-6,12-13H,7-8,16H2. The normalized spacial score (nSPS) is 22.7. The van der Waals surface area contributed by atoms with Crippen molar-refractivity contribution in [1.82, 2.24) is 0 Å². The Hall–Kier alpha value is -0.830. The van der Waals surface area contributed by atoms with Gasteiger partial charge in [-0.2, -0.15) is 0 Å². The monoisotopic (exact) mass is 263 g/mol. The molecule has 2 aromatic rings. The van der Waals surface area contributed by atoms with Crippen LogP contribution >= 0.6 is 22.9 Å².